The van der Waals surface area contributed by atoms with Crippen LogP contribution < -0.4 is 5.32 Å². The summed E-state index contributed by atoms with van der Waals surface area (Å²) in [6.45, 7) is 1.50. The van der Waals surface area contributed by atoms with E-state index in [2.05, 4.69) is 21.2 Å². The van der Waals surface area contributed by atoms with Crippen molar-refractivity contribution in [3.63, 3.8) is 0 Å². The van der Waals surface area contributed by atoms with Gasteiger partial charge in [0.05, 0.1) is 10.7 Å². The van der Waals surface area contributed by atoms with Gasteiger partial charge in [0.2, 0.25) is 0 Å². The van der Waals surface area contributed by atoms with Gasteiger partial charge in [-0.3, -0.25) is 4.79 Å². The summed E-state index contributed by atoms with van der Waals surface area (Å²) in [6, 6.07) is 14.3. The van der Waals surface area contributed by atoms with E-state index in [1.165, 1.54) is 13.0 Å². The molecule has 0 radical (unpaired) electrons. The number of carbonyl (C=O) groups excluding carboxylic acids is 2. The molecule has 6 heteroatoms. The third-order valence-corrected chi connectivity index (χ3v) is 4.15. The minimum Gasteiger partial charge on any atom is -0.449 e. The van der Waals surface area contributed by atoms with E-state index in [9.17, 15) is 9.59 Å². The van der Waals surface area contributed by atoms with Crippen molar-refractivity contribution in [2.75, 3.05) is 5.32 Å². The van der Waals surface area contributed by atoms with E-state index in [-0.39, 0.29) is 0 Å². The highest BCUT2D eigenvalue weighted by Gasteiger charge is 2.17. The molecule has 1 amide bonds. The highest BCUT2D eigenvalue weighted by atomic mass is 79.9. The smallest absolute Gasteiger partial charge is 0.331 e. The average Bonchev–Trinajstić information content (AvgIpc) is 2.56. The van der Waals surface area contributed by atoms with Gasteiger partial charge in [0, 0.05) is 10.5 Å². The molecule has 0 aromatic heterocycles. The fourth-order valence-electron chi connectivity index (χ4n) is 1.83. The number of ether oxygens (including phenoxy) is 1. The lowest BCUT2D eigenvalue weighted by atomic mass is 10.2. The number of hydrogen-bond donors (Lipinski definition) is 1. The Balaban J connectivity index is 1.92. The quantitative estimate of drug-likeness (QED) is 0.577. The summed E-state index contributed by atoms with van der Waals surface area (Å²) < 4.78 is 5.95. The maximum Gasteiger partial charge on any atom is 0.331 e. The molecule has 0 heterocycles. The molecule has 124 valence electrons. The van der Waals surface area contributed by atoms with E-state index < -0.39 is 18.0 Å². The lowest BCUT2D eigenvalue weighted by Gasteiger charge is -2.13. The number of amides is 1. The molecule has 4 nitrogen and oxygen atoms in total. The monoisotopic (exact) mass is 407 g/mol. The molecular weight excluding hydrogens is 394 g/mol. The van der Waals surface area contributed by atoms with Gasteiger partial charge in [0.25, 0.3) is 5.91 Å². The summed E-state index contributed by atoms with van der Waals surface area (Å²) in [4.78, 5) is 23.9. The molecular formula is C18H15BrClNO3. The third kappa shape index (κ3) is 5.22. The van der Waals surface area contributed by atoms with E-state index in [0.29, 0.717) is 10.7 Å². The van der Waals surface area contributed by atoms with Crippen LogP contribution in [0.2, 0.25) is 5.02 Å². The van der Waals surface area contributed by atoms with Crippen LogP contribution >= 0.6 is 27.5 Å². The Morgan fingerprint density at radius 2 is 1.83 bits per heavy atom. The molecule has 0 aliphatic heterocycles. The fourth-order valence-corrected chi connectivity index (χ4v) is 2.43. The first kappa shape index (κ1) is 18.2. The lowest BCUT2D eigenvalue weighted by molar-refractivity contribution is -0.148. The van der Waals surface area contributed by atoms with Gasteiger partial charge in [-0.2, -0.15) is 0 Å². The summed E-state index contributed by atoms with van der Waals surface area (Å²) in [5.41, 5.74) is 1.30. The largest absolute Gasteiger partial charge is 0.449 e. The standard InChI is InChI=1S/C18H15BrClNO3/c1-12(18(23)21-16-9-5-4-8-15(16)20)24-17(22)11-10-13-6-2-3-7-14(13)19/h2-12H,1H3,(H,21,23)/b11-10+/t12-/m1/s1. The minimum atomic E-state index is -0.947. The van der Waals surface area contributed by atoms with Crippen molar-refractivity contribution in [3.05, 3.63) is 69.7 Å². The van der Waals surface area contributed by atoms with Crippen LogP contribution in [0.15, 0.2) is 59.1 Å². The summed E-state index contributed by atoms with van der Waals surface area (Å²) in [5, 5.41) is 3.03. The van der Waals surface area contributed by atoms with Gasteiger partial charge >= 0.3 is 5.97 Å². The number of hydrogen-bond acceptors (Lipinski definition) is 3. The molecule has 0 aliphatic carbocycles. The highest BCUT2D eigenvalue weighted by molar-refractivity contribution is 9.10. The van der Waals surface area contributed by atoms with Crippen LogP contribution in [-0.2, 0) is 14.3 Å². The number of rotatable bonds is 5. The van der Waals surface area contributed by atoms with E-state index in [1.54, 1.807) is 30.3 Å². The number of para-hydroxylation sites is 1. The maximum atomic E-state index is 12.0. The van der Waals surface area contributed by atoms with Crippen LogP contribution in [0.1, 0.15) is 12.5 Å². The summed E-state index contributed by atoms with van der Waals surface area (Å²) in [6.07, 6.45) is 1.95. The Kier molecular flexibility index (Phi) is 6.58. The Morgan fingerprint density at radius 1 is 1.17 bits per heavy atom. The van der Waals surface area contributed by atoms with Crippen molar-refractivity contribution >= 4 is 51.2 Å². The van der Waals surface area contributed by atoms with E-state index in [0.717, 1.165) is 10.0 Å². The molecule has 1 N–H and O–H groups in total. The Morgan fingerprint density at radius 3 is 2.54 bits per heavy atom. The van der Waals surface area contributed by atoms with Gasteiger partial charge in [0.15, 0.2) is 6.10 Å². The minimum absolute atomic E-state index is 0.415. The van der Waals surface area contributed by atoms with Gasteiger partial charge in [-0.05, 0) is 36.8 Å². The van der Waals surface area contributed by atoms with E-state index in [4.69, 9.17) is 16.3 Å². The van der Waals surface area contributed by atoms with Gasteiger partial charge in [0.1, 0.15) is 0 Å². The zero-order valence-electron chi connectivity index (χ0n) is 12.8. The number of anilines is 1. The number of nitrogens with one attached hydrogen (secondary N) is 1. The maximum absolute atomic E-state index is 12.0. The predicted octanol–water partition coefficient (Wildman–Crippen LogP) is 4.69. The van der Waals surface area contributed by atoms with Crippen LogP contribution in [0.25, 0.3) is 6.08 Å². The first-order chi connectivity index (χ1) is 11.5. The van der Waals surface area contributed by atoms with Crippen molar-refractivity contribution in [3.8, 4) is 0 Å². The van der Waals surface area contributed by atoms with Gasteiger partial charge in [-0.15, -0.1) is 0 Å². The molecule has 0 aliphatic rings. The number of carbonyl (C=O) groups is 2. The Hall–Kier alpha value is -2.11. The third-order valence-electron chi connectivity index (χ3n) is 3.10. The Labute approximate surface area is 153 Å². The summed E-state index contributed by atoms with van der Waals surface area (Å²) >= 11 is 9.36. The highest BCUT2D eigenvalue weighted by Crippen LogP contribution is 2.21. The van der Waals surface area contributed by atoms with Crippen LogP contribution in [0.5, 0.6) is 0 Å². The molecule has 0 fully saturated rings. The van der Waals surface area contributed by atoms with Gasteiger partial charge in [-0.25, -0.2) is 4.79 Å². The van der Waals surface area contributed by atoms with Crippen molar-refractivity contribution in [1.29, 1.82) is 0 Å². The molecule has 24 heavy (non-hydrogen) atoms. The molecule has 2 aromatic rings. The van der Waals surface area contributed by atoms with Crippen LogP contribution in [0.4, 0.5) is 5.69 Å². The second-order valence-corrected chi connectivity index (χ2v) is 6.16. The molecule has 0 spiro atoms. The van der Waals surface area contributed by atoms with Gasteiger partial charge in [-0.1, -0.05) is 57.9 Å². The van der Waals surface area contributed by atoms with Crippen molar-refractivity contribution in [2.45, 2.75) is 13.0 Å². The second kappa shape index (κ2) is 8.66. The van der Waals surface area contributed by atoms with E-state index >= 15 is 0 Å². The zero-order chi connectivity index (χ0) is 17.5. The topological polar surface area (TPSA) is 55.4 Å². The molecule has 2 aromatic carbocycles. The first-order valence-electron chi connectivity index (χ1n) is 7.16. The lowest BCUT2D eigenvalue weighted by Crippen LogP contribution is -2.29. The number of halogens is 2. The summed E-state index contributed by atoms with van der Waals surface area (Å²) in [5.74, 6) is -1.06. The second-order valence-electron chi connectivity index (χ2n) is 4.90. The molecule has 0 bridgehead atoms. The molecule has 1 atom stereocenters. The van der Waals surface area contributed by atoms with Crippen LogP contribution in [-0.4, -0.2) is 18.0 Å². The van der Waals surface area contributed by atoms with Gasteiger partial charge < -0.3 is 10.1 Å². The van der Waals surface area contributed by atoms with Crippen LogP contribution in [0, 0.1) is 0 Å². The number of esters is 1. The first-order valence-corrected chi connectivity index (χ1v) is 8.33. The summed E-state index contributed by atoms with van der Waals surface area (Å²) in [7, 11) is 0. The Bertz CT molecular complexity index is 776. The predicted molar refractivity (Wildman–Crippen MR) is 98.8 cm³/mol. The van der Waals surface area contributed by atoms with E-state index in [1.807, 2.05) is 24.3 Å². The van der Waals surface area contributed by atoms with Crippen LogP contribution in [0.3, 0.4) is 0 Å². The molecule has 0 unspecified atom stereocenters. The molecule has 0 saturated heterocycles. The van der Waals surface area contributed by atoms with Crippen molar-refractivity contribution in [2.24, 2.45) is 0 Å². The SMILES string of the molecule is C[C@@H](OC(=O)/C=C/c1ccccc1Br)C(=O)Nc1ccccc1Cl. The fraction of sp³-hybridized carbons (Fsp3) is 0.111. The zero-order valence-corrected chi connectivity index (χ0v) is 15.2. The van der Waals surface area contributed by atoms with Crippen molar-refractivity contribution in [1.82, 2.24) is 0 Å². The normalized spacial score (nSPS) is 12.0. The molecule has 2 rings (SSSR count). The van der Waals surface area contributed by atoms with Crippen molar-refractivity contribution < 1.29 is 14.3 Å². The number of benzene rings is 2. The average molecular weight is 409 g/mol. The molecule has 0 saturated carbocycles.